The number of thiol groups is 1. The molecule has 0 saturated carbocycles. The average molecular weight is 341 g/mol. The molecule has 0 aromatic heterocycles. The minimum absolute atomic E-state index is 0.332. The van der Waals surface area contributed by atoms with E-state index in [9.17, 15) is 4.79 Å². The van der Waals surface area contributed by atoms with Gasteiger partial charge < -0.3 is 10.6 Å². The maximum absolute atomic E-state index is 10.8. The van der Waals surface area contributed by atoms with E-state index in [1.54, 1.807) is 5.48 Å². The number of hydrogen-bond donors (Lipinski definition) is 5. The zero-order valence-electron chi connectivity index (χ0n) is 12.8. The predicted molar refractivity (Wildman–Crippen MR) is 91.0 cm³/mol. The lowest BCUT2D eigenvalue weighted by atomic mass is 10.1. The molecule has 1 amide bonds. The number of carbonyl (C=O) groups is 1. The Kier molecular flexibility index (Phi) is 7.05. The Morgan fingerprint density at radius 1 is 1.26 bits per heavy atom. The van der Waals surface area contributed by atoms with Gasteiger partial charge in [-0.3, -0.25) is 14.7 Å². The van der Waals surface area contributed by atoms with E-state index in [-0.39, 0.29) is 5.91 Å². The Morgan fingerprint density at radius 3 is 2.74 bits per heavy atom. The first-order chi connectivity index (χ1) is 11.2. The zero-order valence-corrected chi connectivity index (χ0v) is 13.7. The summed E-state index contributed by atoms with van der Waals surface area (Å²) in [7, 11) is 0. The van der Waals surface area contributed by atoms with Gasteiger partial charge >= 0.3 is 0 Å². The highest BCUT2D eigenvalue weighted by molar-refractivity contribution is 8.11. The van der Waals surface area contributed by atoms with Crippen LogP contribution < -0.4 is 15.9 Å². The Balaban J connectivity index is 1.62. The van der Waals surface area contributed by atoms with E-state index in [0.717, 1.165) is 42.7 Å². The largest absolute Gasteiger partial charge is 0.399 e. The van der Waals surface area contributed by atoms with Gasteiger partial charge in [0.05, 0.1) is 0 Å². The fraction of sp³-hybridized carbons (Fsp3) is 0.400. The van der Waals surface area contributed by atoms with Crippen molar-refractivity contribution in [2.45, 2.75) is 32.1 Å². The summed E-state index contributed by atoms with van der Waals surface area (Å²) < 4.78 is 8.51. The molecule has 1 aliphatic rings. The van der Waals surface area contributed by atoms with Crippen molar-refractivity contribution in [1.29, 1.82) is 0 Å². The van der Waals surface area contributed by atoms with Crippen molar-refractivity contribution in [1.82, 2.24) is 10.2 Å². The van der Waals surface area contributed by atoms with Crippen LogP contribution in [0.3, 0.4) is 0 Å². The molecule has 23 heavy (non-hydrogen) atoms. The highest BCUT2D eigenvalue weighted by Gasteiger charge is 2.17. The van der Waals surface area contributed by atoms with Gasteiger partial charge in [0.2, 0.25) is 11.8 Å². The topological polar surface area (TPSA) is 106 Å². The van der Waals surface area contributed by atoms with Crippen LogP contribution in [-0.2, 0) is 14.0 Å². The number of nitrogens with two attached hydrogens (primary N) is 1. The van der Waals surface area contributed by atoms with Gasteiger partial charge in [0.1, 0.15) is 0 Å². The highest BCUT2D eigenvalue weighted by atomic mass is 32.2. The number of benzene rings is 1. The Labute approximate surface area is 138 Å². The van der Waals surface area contributed by atoms with Crippen molar-refractivity contribution in [2.24, 2.45) is 0 Å². The summed E-state index contributed by atoms with van der Waals surface area (Å²) in [5, 5.41) is 8.38. The van der Waals surface area contributed by atoms with E-state index >= 15 is 0 Å². The van der Waals surface area contributed by atoms with Crippen LogP contribution >= 0.6 is 11.4 Å². The number of rotatable bonds is 8. The first-order valence-electron chi connectivity index (χ1n) is 7.56. The molecule has 0 radical (unpaired) electrons. The number of nitrogen functional groups attached to an aromatic ring is 1. The molecule has 2 rings (SSSR count). The van der Waals surface area contributed by atoms with Gasteiger partial charge in [0.15, 0.2) is 0 Å². The molecule has 7 nitrogen and oxygen atoms in total. The number of amides is 1. The van der Waals surface area contributed by atoms with Crippen molar-refractivity contribution >= 4 is 29.0 Å². The molecule has 128 valence electrons. The third-order valence-corrected chi connectivity index (χ3v) is 4.77. The Morgan fingerprint density at radius 2 is 2.00 bits per heavy atom. The third kappa shape index (κ3) is 6.39. The van der Waals surface area contributed by atoms with Crippen molar-refractivity contribution in [3.05, 3.63) is 35.7 Å². The summed E-state index contributed by atoms with van der Waals surface area (Å²) >= 11 is -0.808. The normalized spacial score (nSPS) is 20.0. The number of hydroxylamine groups is 1. The fourth-order valence-electron chi connectivity index (χ4n) is 2.09. The Hall–Kier alpha value is -1.90. The molecule has 1 aliphatic heterocycles. The van der Waals surface area contributed by atoms with Crippen LogP contribution in [0.1, 0.15) is 37.7 Å². The number of anilines is 1. The van der Waals surface area contributed by atoms with Crippen LogP contribution in [0.15, 0.2) is 30.1 Å². The molecule has 1 heterocycles. The van der Waals surface area contributed by atoms with Crippen molar-refractivity contribution < 1.29 is 19.2 Å². The summed E-state index contributed by atoms with van der Waals surface area (Å²) in [5.41, 5.74) is 8.99. The van der Waals surface area contributed by atoms with Gasteiger partial charge in [0, 0.05) is 23.9 Å². The van der Waals surface area contributed by atoms with Gasteiger partial charge in [-0.05, 0) is 41.9 Å². The number of unbranched alkanes of at least 4 members (excludes halogenated alkanes) is 3. The average Bonchev–Trinajstić information content (AvgIpc) is 3.00. The first-order valence-corrected chi connectivity index (χ1v) is 9.01. The molecule has 5 N–H and O–H groups in total. The Bertz CT molecular complexity index is 536. The summed E-state index contributed by atoms with van der Waals surface area (Å²) in [4.78, 5) is 16.0. The SMILES string of the molecule is Nc1ccc(/C=C2/N[SH](CCCCCCC(=O)NO)OO2)cc1. The summed E-state index contributed by atoms with van der Waals surface area (Å²) in [6.07, 6.45) is 5.97. The lowest BCUT2D eigenvalue weighted by molar-refractivity contribution is -0.135. The zero-order chi connectivity index (χ0) is 16.5. The second-order valence-corrected chi connectivity index (χ2v) is 6.82. The van der Waals surface area contributed by atoms with E-state index in [2.05, 4.69) is 4.72 Å². The van der Waals surface area contributed by atoms with Crippen molar-refractivity contribution in [3.63, 3.8) is 0 Å². The smallest absolute Gasteiger partial charge is 0.243 e. The maximum atomic E-state index is 10.8. The fourth-order valence-corrected chi connectivity index (χ4v) is 3.34. The van der Waals surface area contributed by atoms with Gasteiger partial charge in [-0.15, -0.1) is 4.33 Å². The van der Waals surface area contributed by atoms with E-state index in [1.807, 2.05) is 30.3 Å². The molecule has 1 fully saturated rings. The number of hydrogen-bond acceptors (Lipinski definition) is 6. The van der Waals surface area contributed by atoms with Crippen LogP contribution in [0.25, 0.3) is 6.08 Å². The van der Waals surface area contributed by atoms with Crippen LogP contribution in [-0.4, -0.2) is 16.9 Å². The molecule has 1 aromatic carbocycles. The summed E-state index contributed by atoms with van der Waals surface area (Å²) in [6.45, 7) is 0. The molecule has 1 saturated heterocycles. The monoisotopic (exact) mass is 341 g/mol. The molecule has 8 heteroatoms. The van der Waals surface area contributed by atoms with Crippen LogP contribution in [0.2, 0.25) is 0 Å². The molecule has 1 unspecified atom stereocenters. The van der Waals surface area contributed by atoms with Gasteiger partial charge in [-0.25, -0.2) is 5.48 Å². The molecule has 1 aromatic rings. The lowest BCUT2D eigenvalue weighted by Crippen LogP contribution is -2.17. The van der Waals surface area contributed by atoms with E-state index in [1.165, 1.54) is 0 Å². The van der Waals surface area contributed by atoms with E-state index in [0.29, 0.717) is 12.3 Å². The first kappa shape index (κ1) is 17.5. The van der Waals surface area contributed by atoms with Crippen molar-refractivity contribution in [2.75, 3.05) is 11.5 Å². The molecular formula is C15H23N3O4S. The van der Waals surface area contributed by atoms with Crippen molar-refractivity contribution in [3.8, 4) is 0 Å². The third-order valence-electron chi connectivity index (χ3n) is 3.33. The summed E-state index contributed by atoms with van der Waals surface area (Å²) in [5.74, 6) is 1.17. The lowest BCUT2D eigenvalue weighted by Gasteiger charge is -2.09. The summed E-state index contributed by atoms with van der Waals surface area (Å²) in [6, 6.07) is 7.50. The van der Waals surface area contributed by atoms with Gasteiger partial charge in [0.25, 0.3) is 0 Å². The molecular weight excluding hydrogens is 318 g/mol. The maximum Gasteiger partial charge on any atom is 0.243 e. The molecule has 0 spiro atoms. The van der Waals surface area contributed by atoms with Crippen LogP contribution in [0.4, 0.5) is 5.69 Å². The molecule has 1 atom stereocenters. The van der Waals surface area contributed by atoms with Crippen LogP contribution in [0.5, 0.6) is 0 Å². The highest BCUT2D eigenvalue weighted by Crippen LogP contribution is 2.33. The minimum Gasteiger partial charge on any atom is -0.399 e. The molecule has 0 bridgehead atoms. The predicted octanol–water partition coefficient (Wildman–Crippen LogP) is 2.41. The minimum atomic E-state index is -0.808. The second-order valence-electron chi connectivity index (χ2n) is 5.25. The van der Waals surface area contributed by atoms with E-state index in [4.69, 9.17) is 20.2 Å². The quantitative estimate of drug-likeness (QED) is 0.124. The van der Waals surface area contributed by atoms with Gasteiger partial charge in [-0.1, -0.05) is 25.0 Å². The standard InChI is InChI=1S/C15H23N3O4S/c16-13-8-6-12(7-9-13)11-15-18-23(22-21-15)10-4-2-1-3-5-14(19)17-20/h6-9,11,18,20,23H,1-5,10,16H2,(H,17,19)/b15-11-. The van der Waals surface area contributed by atoms with Gasteiger partial charge in [-0.2, -0.15) is 0 Å². The number of nitrogens with one attached hydrogen (secondary N) is 2. The molecule has 0 aliphatic carbocycles. The van der Waals surface area contributed by atoms with Crippen LogP contribution in [0, 0.1) is 0 Å². The van der Waals surface area contributed by atoms with E-state index < -0.39 is 11.4 Å². The number of carbonyl (C=O) groups excluding carboxylic acids is 1. The second kappa shape index (κ2) is 9.29.